The fourth-order valence-electron chi connectivity index (χ4n) is 3.44. The van der Waals surface area contributed by atoms with Crippen molar-refractivity contribution >= 4 is 11.8 Å². The summed E-state index contributed by atoms with van der Waals surface area (Å²) in [7, 11) is 0. The maximum atomic E-state index is 12.6. The predicted octanol–water partition coefficient (Wildman–Crippen LogP) is 3.71. The largest absolute Gasteiger partial charge is 0.490 e. The molecule has 27 heavy (non-hydrogen) atoms. The highest BCUT2D eigenvalue weighted by Crippen LogP contribution is 2.24. The molecule has 1 aliphatic rings. The van der Waals surface area contributed by atoms with Crippen LogP contribution in [0, 0.1) is 0 Å². The average molecular weight is 375 g/mol. The van der Waals surface area contributed by atoms with Gasteiger partial charge in [0.05, 0.1) is 12.6 Å². The molecular weight excluding hydrogens is 340 g/mol. The van der Waals surface area contributed by atoms with E-state index in [9.17, 15) is 9.59 Å². The Bertz CT molecular complexity index is 597. The second-order valence-corrected chi connectivity index (χ2v) is 7.34. The van der Waals surface area contributed by atoms with Gasteiger partial charge in [0.1, 0.15) is 5.75 Å². The van der Waals surface area contributed by atoms with Crippen molar-refractivity contribution in [1.29, 1.82) is 0 Å². The lowest BCUT2D eigenvalue weighted by molar-refractivity contribution is -0.136. The summed E-state index contributed by atoms with van der Waals surface area (Å²) in [5.74, 6) is 0.854. The smallest absolute Gasteiger partial charge is 0.239 e. The number of rotatable bonds is 11. The van der Waals surface area contributed by atoms with E-state index in [1.807, 2.05) is 38.1 Å². The van der Waals surface area contributed by atoms with Gasteiger partial charge in [0.25, 0.3) is 0 Å². The molecule has 1 aromatic carbocycles. The second-order valence-electron chi connectivity index (χ2n) is 7.34. The molecule has 1 N–H and O–H groups in total. The van der Waals surface area contributed by atoms with Crippen LogP contribution >= 0.6 is 0 Å². The minimum atomic E-state index is -0.0781. The summed E-state index contributed by atoms with van der Waals surface area (Å²) >= 11 is 0. The van der Waals surface area contributed by atoms with Crippen molar-refractivity contribution in [3.05, 3.63) is 29.8 Å². The van der Waals surface area contributed by atoms with Crippen molar-refractivity contribution in [2.75, 3.05) is 19.6 Å². The SMILES string of the molecule is CCCNC(=O)CN(CCC)C(=O)CCc1cccc(OC2CCCC2)c1. The van der Waals surface area contributed by atoms with Crippen LogP contribution in [0.3, 0.4) is 0 Å². The molecule has 0 heterocycles. The Kier molecular flexibility index (Phi) is 9.16. The lowest BCUT2D eigenvalue weighted by atomic mass is 10.1. The van der Waals surface area contributed by atoms with Crippen LogP contribution in [-0.4, -0.2) is 42.5 Å². The zero-order valence-electron chi connectivity index (χ0n) is 16.8. The first kappa shape index (κ1) is 21.3. The zero-order chi connectivity index (χ0) is 19.5. The van der Waals surface area contributed by atoms with E-state index in [1.54, 1.807) is 4.90 Å². The van der Waals surface area contributed by atoms with Crippen LogP contribution in [0.4, 0.5) is 0 Å². The van der Waals surface area contributed by atoms with Gasteiger partial charge in [-0.15, -0.1) is 0 Å². The Morgan fingerprint density at radius 3 is 2.67 bits per heavy atom. The van der Waals surface area contributed by atoms with Gasteiger partial charge < -0.3 is 15.0 Å². The molecular formula is C22H34N2O3. The summed E-state index contributed by atoms with van der Waals surface area (Å²) in [6, 6.07) is 8.06. The first-order chi connectivity index (χ1) is 13.1. The minimum absolute atomic E-state index is 0.0330. The molecule has 1 aromatic rings. The van der Waals surface area contributed by atoms with E-state index in [2.05, 4.69) is 5.32 Å². The third-order valence-electron chi connectivity index (χ3n) is 4.88. The van der Waals surface area contributed by atoms with E-state index in [0.29, 0.717) is 32.0 Å². The molecule has 2 rings (SSSR count). The van der Waals surface area contributed by atoms with Gasteiger partial charge in [-0.2, -0.15) is 0 Å². The van der Waals surface area contributed by atoms with Crippen LogP contribution in [0.1, 0.15) is 64.4 Å². The number of carbonyl (C=O) groups is 2. The van der Waals surface area contributed by atoms with Crippen molar-refractivity contribution in [3.8, 4) is 5.75 Å². The normalized spacial score (nSPS) is 14.1. The highest BCUT2D eigenvalue weighted by molar-refractivity contribution is 5.84. The fraction of sp³-hybridized carbons (Fsp3) is 0.636. The summed E-state index contributed by atoms with van der Waals surface area (Å²) in [6.45, 7) is 5.45. The Morgan fingerprint density at radius 2 is 1.96 bits per heavy atom. The number of nitrogens with one attached hydrogen (secondary N) is 1. The summed E-state index contributed by atoms with van der Waals surface area (Å²) in [6.07, 6.45) is 7.92. The molecule has 0 atom stereocenters. The van der Waals surface area contributed by atoms with Crippen molar-refractivity contribution < 1.29 is 14.3 Å². The molecule has 5 nitrogen and oxygen atoms in total. The van der Waals surface area contributed by atoms with Gasteiger partial charge in [-0.1, -0.05) is 26.0 Å². The predicted molar refractivity (Wildman–Crippen MR) is 108 cm³/mol. The first-order valence-electron chi connectivity index (χ1n) is 10.4. The summed E-state index contributed by atoms with van der Waals surface area (Å²) in [5.41, 5.74) is 1.10. The lowest BCUT2D eigenvalue weighted by Crippen LogP contribution is -2.41. The number of amides is 2. The van der Waals surface area contributed by atoms with Crippen LogP contribution in [0.15, 0.2) is 24.3 Å². The van der Waals surface area contributed by atoms with Crippen LogP contribution in [0.25, 0.3) is 0 Å². The second kappa shape index (κ2) is 11.6. The molecule has 150 valence electrons. The topological polar surface area (TPSA) is 58.6 Å². The molecule has 0 unspecified atom stereocenters. The van der Waals surface area contributed by atoms with E-state index in [1.165, 1.54) is 12.8 Å². The van der Waals surface area contributed by atoms with Gasteiger partial charge in [-0.3, -0.25) is 9.59 Å². The molecule has 5 heteroatoms. The van der Waals surface area contributed by atoms with E-state index < -0.39 is 0 Å². The fourth-order valence-corrected chi connectivity index (χ4v) is 3.44. The average Bonchev–Trinajstić information content (AvgIpc) is 3.17. The Labute approximate surface area is 163 Å². The van der Waals surface area contributed by atoms with Crippen molar-refractivity contribution in [3.63, 3.8) is 0 Å². The van der Waals surface area contributed by atoms with Crippen molar-refractivity contribution in [2.45, 2.75) is 71.3 Å². The van der Waals surface area contributed by atoms with Gasteiger partial charge in [0, 0.05) is 19.5 Å². The minimum Gasteiger partial charge on any atom is -0.490 e. The molecule has 0 saturated heterocycles. The van der Waals surface area contributed by atoms with E-state index in [4.69, 9.17) is 4.74 Å². The molecule has 2 amide bonds. The van der Waals surface area contributed by atoms with E-state index in [0.717, 1.165) is 37.0 Å². The monoisotopic (exact) mass is 374 g/mol. The van der Waals surface area contributed by atoms with Crippen LogP contribution in [0.2, 0.25) is 0 Å². The standard InChI is InChI=1S/C22H34N2O3/c1-3-14-23-21(25)17-24(15-4-2)22(26)13-12-18-8-7-11-20(16-18)27-19-9-5-6-10-19/h7-8,11,16,19H,3-6,9-10,12-15,17H2,1-2H3,(H,23,25). The number of ether oxygens (including phenoxy) is 1. The Balaban J connectivity index is 1.85. The zero-order valence-corrected chi connectivity index (χ0v) is 16.8. The Morgan fingerprint density at radius 1 is 1.19 bits per heavy atom. The highest BCUT2D eigenvalue weighted by atomic mass is 16.5. The van der Waals surface area contributed by atoms with Crippen molar-refractivity contribution in [2.24, 2.45) is 0 Å². The first-order valence-corrected chi connectivity index (χ1v) is 10.4. The van der Waals surface area contributed by atoms with Crippen molar-refractivity contribution in [1.82, 2.24) is 10.2 Å². The van der Waals surface area contributed by atoms with Gasteiger partial charge in [0.2, 0.25) is 11.8 Å². The number of nitrogens with zero attached hydrogens (tertiary/aromatic N) is 1. The number of hydrogen-bond donors (Lipinski definition) is 1. The molecule has 1 saturated carbocycles. The Hall–Kier alpha value is -2.04. The van der Waals surface area contributed by atoms with Gasteiger partial charge in [-0.05, 0) is 62.6 Å². The molecule has 1 aliphatic carbocycles. The highest BCUT2D eigenvalue weighted by Gasteiger charge is 2.18. The molecule has 0 bridgehead atoms. The lowest BCUT2D eigenvalue weighted by Gasteiger charge is -2.21. The number of carbonyl (C=O) groups excluding carboxylic acids is 2. The van der Waals surface area contributed by atoms with Gasteiger partial charge in [-0.25, -0.2) is 0 Å². The van der Waals surface area contributed by atoms with Crippen LogP contribution in [0.5, 0.6) is 5.75 Å². The van der Waals surface area contributed by atoms with E-state index >= 15 is 0 Å². The molecule has 0 aliphatic heterocycles. The van der Waals surface area contributed by atoms with Crippen LogP contribution < -0.4 is 10.1 Å². The molecule has 0 spiro atoms. The maximum Gasteiger partial charge on any atom is 0.239 e. The number of aryl methyl sites for hydroxylation is 1. The third-order valence-corrected chi connectivity index (χ3v) is 4.88. The molecule has 0 aromatic heterocycles. The number of hydrogen-bond acceptors (Lipinski definition) is 3. The molecule has 1 fully saturated rings. The summed E-state index contributed by atoms with van der Waals surface area (Å²) in [4.78, 5) is 26.2. The quantitative estimate of drug-likeness (QED) is 0.642. The summed E-state index contributed by atoms with van der Waals surface area (Å²) < 4.78 is 6.05. The third kappa shape index (κ3) is 7.61. The molecule has 0 radical (unpaired) electrons. The van der Waals surface area contributed by atoms with E-state index in [-0.39, 0.29) is 18.4 Å². The van der Waals surface area contributed by atoms with Gasteiger partial charge in [0.15, 0.2) is 0 Å². The van der Waals surface area contributed by atoms with Gasteiger partial charge >= 0.3 is 0 Å². The van der Waals surface area contributed by atoms with Crippen LogP contribution in [-0.2, 0) is 16.0 Å². The summed E-state index contributed by atoms with van der Waals surface area (Å²) in [5, 5.41) is 2.84. The maximum absolute atomic E-state index is 12.6. The number of benzene rings is 1.